The van der Waals surface area contributed by atoms with Crippen LogP contribution in [-0.4, -0.2) is 45.7 Å². The van der Waals surface area contributed by atoms with Crippen LogP contribution in [0, 0.1) is 5.41 Å². The number of hydrogen-bond acceptors (Lipinski definition) is 4. The molecule has 0 bridgehead atoms. The van der Waals surface area contributed by atoms with Crippen LogP contribution in [0.4, 0.5) is 0 Å². The first-order valence-electron chi connectivity index (χ1n) is 8.03. The number of nitrogens with one attached hydrogen (secondary N) is 1. The van der Waals surface area contributed by atoms with E-state index in [-0.39, 0.29) is 11.3 Å². The average molecular weight is 291 g/mol. The Morgan fingerprint density at radius 1 is 1.38 bits per heavy atom. The van der Waals surface area contributed by atoms with E-state index in [1.807, 2.05) is 11.9 Å². The summed E-state index contributed by atoms with van der Waals surface area (Å²) in [6.45, 7) is 5.57. The van der Waals surface area contributed by atoms with Gasteiger partial charge in [0.2, 0.25) is 5.91 Å². The van der Waals surface area contributed by atoms with Gasteiger partial charge < -0.3 is 14.8 Å². The van der Waals surface area contributed by atoms with Crippen molar-refractivity contribution in [1.29, 1.82) is 0 Å². The van der Waals surface area contributed by atoms with Crippen molar-refractivity contribution in [1.82, 2.24) is 25.0 Å². The number of aromatic nitrogens is 3. The summed E-state index contributed by atoms with van der Waals surface area (Å²) < 4.78 is 2.17. The minimum atomic E-state index is -0.187. The molecule has 1 fully saturated rings. The highest BCUT2D eigenvalue weighted by molar-refractivity contribution is 5.82. The first-order valence-corrected chi connectivity index (χ1v) is 8.03. The van der Waals surface area contributed by atoms with E-state index < -0.39 is 0 Å². The standard InChI is InChI=1S/C15H25N5O/c1-3-15(6-8-16-9-7-15)14(21)19(2)11-13-18-17-12-5-4-10-20(12)13/h16H,3-11H2,1-2H3. The van der Waals surface area contributed by atoms with Gasteiger partial charge in [0.1, 0.15) is 5.82 Å². The maximum atomic E-state index is 12.9. The normalized spacial score (nSPS) is 20.3. The lowest BCUT2D eigenvalue weighted by Gasteiger charge is -2.38. The molecule has 21 heavy (non-hydrogen) atoms. The van der Waals surface area contributed by atoms with Gasteiger partial charge in [-0.1, -0.05) is 6.92 Å². The predicted octanol–water partition coefficient (Wildman–Crippen LogP) is 0.962. The summed E-state index contributed by atoms with van der Waals surface area (Å²) in [5.41, 5.74) is -0.187. The van der Waals surface area contributed by atoms with E-state index in [0.717, 1.165) is 63.4 Å². The van der Waals surface area contributed by atoms with Gasteiger partial charge in [-0.15, -0.1) is 10.2 Å². The van der Waals surface area contributed by atoms with Gasteiger partial charge >= 0.3 is 0 Å². The molecule has 0 spiro atoms. The van der Waals surface area contributed by atoms with E-state index in [9.17, 15) is 4.79 Å². The van der Waals surface area contributed by atoms with Crippen LogP contribution in [0.15, 0.2) is 0 Å². The van der Waals surface area contributed by atoms with Gasteiger partial charge in [-0.25, -0.2) is 0 Å². The van der Waals surface area contributed by atoms with Crippen LogP contribution in [0.1, 0.15) is 44.3 Å². The molecule has 6 heteroatoms. The number of piperidine rings is 1. The molecule has 3 heterocycles. The topological polar surface area (TPSA) is 63.1 Å². The quantitative estimate of drug-likeness (QED) is 0.897. The summed E-state index contributed by atoms with van der Waals surface area (Å²) >= 11 is 0. The fourth-order valence-electron chi connectivity index (χ4n) is 3.64. The summed E-state index contributed by atoms with van der Waals surface area (Å²) in [5.74, 6) is 2.26. The minimum Gasteiger partial charge on any atom is -0.338 e. The number of amides is 1. The smallest absolute Gasteiger partial charge is 0.229 e. The Morgan fingerprint density at radius 2 is 2.14 bits per heavy atom. The number of aryl methyl sites for hydroxylation is 1. The fourth-order valence-corrected chi connectivity index (χ4v) is 3.64. The second-order valence-corrected chi connectivity index (χ2v) is 6.33. The molecule has 1 aromatic rings. The first-order chi connectivity index (χ1) is 10.2. The molecule has 116 valence electrons. The third-order valence-corrected chi connectivity index (χ3v) is 5.10. The highest BCUT2D eigenvalue weighted by atomic mass is 16.2. The lowest BCUT2D eigenvalue weighted by Crippen LogP contribution is -2.47. The zero-order chi connectivity index (χ0) is 14.9. The Morgan fingerprint density at radius 3 is 2.86 bits per heavy atom. The number of fused-ring (bicyclic) bond motifs is 1. The van der Waals surface area contributed by atoms with Crippen LogP contribution >= 0.6 is 0 Å². The summed E-state index contributed by atoms with van der Waals surface area (Å²) in [7, 11) is 1.90. The molecule has 1 N–H and O–H groups in total. The second-order valence-electron chi connectivity index (χ2n) is 6.33. The molecular formula is C15H25N5O. The zero-order valence-electron chi connectivity index (χ0n) is 13.1. The molecule has 2 aliphatic heterocycles. The molecule has 0 aliphatic carbocycles. The van der Waals surface area contributed by atoms with E-state index >= 15 is 0 Å². The number of hydrogen-bond donors (Lipinski definition) is 1. The van der Waals surface area contributed by atoms with Crippen molar-refractivity contribution in [3.63, 3.8) is 0 Å². The van der Waals surface area contributed by atoms with Crippen LogP contribution in [0.2, 0.25) is 0 Å². The highest BCUT2D eigenvalue weighted by Crippen LogP contribution is 2.34. The molecule has 6 nitrogen and oxygen atoms in total. The maximum Gasteiger partial charge on any atom is 0.229 e. The van der Waals surface area contributed by atoms with Crippen LogP contribution in [0.25, 0.3) is 0 Å². The Kier molecular flexibility index (Phi) is 3.97. The molecule has 0 saturated carbocycles. The molecule has 3 rings (SSSR count). The van der Waals surface area contributed by atoms with Crippen LogP contribution in [0.3, 0.4) is 0 Å². The third-order valence-electron chi connectivity index (χ3n) is 5.10. The van der Waals surface area contributed by atoms with Gasteiger partial charge in [0.25, 0.3) is 0 Å². The van der Waals surface area contributed by atoms with Gasteiger partial charge in [0.15, 0.2) is 5.82 Å². The van der Waals surface area contributed by atoms with E-state index in [1.165, 1.54) is 0 Å². The third kappa shape index (κ3) is 2.57. The van der Waals surface area contributed by atoms with Crippen molar-refractivity contribution in [3.8, 4) is 0 Å². The number of nitrogens with zero attached hydrogens (tertiary/aromatic N) is 4. The van der Waals surface area contributed by atoms with Gasteiger partial charge in [-0.3, -0.25) is 4.79 Å². The van der Waals surface area contributed by atoms with Gasteiger partial charge in [-0.2, -0.15) is 0 Å². The fraction of sp³-hybridized carbons (Fsp3) is 0.800. The monoisotopic (exact) mass is 291 g/mol. The molecule has 2 aliphatic rings. The Balaban J connectivity index is 1.71. The average Bonchev–Trinajstić information content (AvgIpc) is 3.12. The number of rotatable bonds is 4. The summed E-state index contributed by atoms with van der Waals surface area (Å²) in [6.07, 6.45) is 4.93. The second kappa shape index (κ2) is 5.75. The molecule has 1 saturated heterocycles. The van der Waals surface area contributed by atoms with Crippen LogP contribution in [-0.2, 0) is 24.3 Å². The minimum absolute atomic E-state index is 0.187. The van der Waals surface area contributed by atoms with Gasteiger partial charge in [0.05, 0.1) is 12.0 Å². The van der Waals surface area contributed by atoms with Crippen molar-refractivity contribution >= 4 is 5.91 Å². The number of carbonyl (C=O) groups excluding carboxylic acids is 1. The largest absolute Gasteiger partial charge is 0.338 e. The van der Waals surface area contributed by atoms with Crippen molar-refractivity contribution < 1.29 is 4.79 Å². The van der Waals surface area contributed by atoms with Crippen molar-refractivity contribution in [2.24, 2.45) is 5.41 Å². The molecule has 0 radical (unpaired) electrons. The van der Waals surface area contributed by atoms with Crippen LogP contribution in [0.5, 0.6) is 0 Å². The Bertz CT molecular complexity index is 518. The van der Waals surface area contributed by atoms with E-state index in [0.29, 0.717) is 6.54 Å². The lowest BCUT2D eigenvalue weighted by atomic mass is 9.75. The molecule has 0 atom stereocenters. The maximum absolute atomic E-state index is 12.9. The van der Waals surface area contributed by atoms with Gasteiger partial charge in [-0.05, 0) is 38.8 Å². The van der Waals surface area contributed by atoms with Crippen LogP contribution < -0.4 is 5.32 Å². The summed E-state index contributed by atoms with van der Waals surface area (Å²) in [5, 5.41) is 11.8. The molecular weight excluding hydrogens is 266 g/mol. The molecule has 1 amide bonds. The van der Waals surface area contributed by atoms with Gasteiger partial charge in [0, 0.05) is 20.0 Å². The summed E-state index contributed by atoms with van der Waals surface area (Å²) in [4.78, 5) is 14.8. The summed E-state index contributed by atoms with van der Waals surface area (Å²) in [6, 6.07) is 0. The first kappa shape index (κ1) is 14.5. The van der Waals surface area contributed by atoms with E-state index in [4.69, 9.17) is 0 Å². The zero-order valence-corrected chi connectivity index (χ0v) is 13.1. The Hall–Kier alpha value is -1.43. The predicted molar refractivity (Wildman–Crippen MR) is 79.6 cm³/mol. The molecule has 0 aromatic carbocycles. The van der Waals surface area contributed by atoms with Crippen molar-refractivity contribution in [2.45, 2.75) is 52.1 Å². The Labute approximate surface area is 125 Å². The SMILES string of the molecule is CCC1(C(=O)N(C)Cc2nnc3n2CCC3)CCNCC1. The van der Waals surface area contributed by atoms with Crippen molar-refractivity contribution in [2.75, 3.05) is 20.1 Å². The highest BCUT2D eigenvalue weighted by Gasteiger charge is 2.39. The molecule has 0 unspecified atom stereocenters. The van der Waals surface area contributed by atoms with Crippen molar-refractivity contribution in [3.05, 3.63) is 11.6 Å². The van der Waals surface area contributed by atoms with E-state index in [1.54, 1.807) is 0 Å². The lowest BCUT2D eigenvalue weighted by molar-refractivity contribution is -0.143. The molecule has 1 aromatic heterocycles. The van der Waals surface area contributed by atoms with E-state index in [2.05, 4.69) is 27.0 Å². The number of carbonyl (C=O) groups is 1.